The molecule has 0 radical (unpaired) electrons. The van der Waals surface area contributed by atoms with Crippen LogP contribution < -0.4 is 4.74 Å². The summed E-state index contributed by atoms with van der Waals surface area (Å²) in [5.74, 6) is 0.867. The van der Waals surface area contributed by atoms with Crippen molar-refractivity contribution in [3.05, 3.63) is 77.0 Å². The smallest absolute Gasteiger partial charge is 0.254 e. The minimum atomic E-state index is 0.0755. The van der Waals surface area contributed by atoms with E-state index in [0.717, 1.165) is 40.6 Å². The summed E-state index contributed by atoms with van der Waals surface area (Å²) in [5, 5.41) is 3.13. The lowest BCUT2D eigenvalue weighted by molar-refractivity contribution is 0.0737. The molecule has 4 aromatic rings. The van der Waals surface area contributed by atoms with Crippen LogP contribution in [0.5, 0.6) is 5.75 Å². The van der Waals surface area contributed by atoms with Crippen LogP contribution in [0.25, 0.3) is 21.7 Å². The van der Waals surface area contributed by atoms with Crippen molar-refractivity contribution in [1.82, 2.24) is 9.88 Å². The van der Waals surface area contributed by atoms with Gasteiger partial charge in [-0.3, -0.25) is 4.79 Å². The van der Waals surface area contributed by atoms with Gasteiger partial charge >= 0.3 is 0 Å². The van der Waals surface area contributed by atoms with Crippen LogP contribution in [-0.2, 0) is 13.0 Å². The molecule has 140 valence electrons. The molecule has 0 saturated heterocycles. The second kappa shape index (κ2) is 6.41. The SMILES string of the molecule is COc1ccc(C(=O)N2CCc3[nH]c4ccc(C)cc4c3C2)c2ccccc12. The first-order chi connectivity index (χ1) is 13.7. The Bertz CT molecular complexity index is 1220. The van der Waals surface area contributed by atoms with Gasteiger partial charge in [-0.25, -0.2) is 0 Å². The Labute approximate surface area is 163 Å². The lowest BCUT2D eigenvalue weighted by atomic mass is 9.99. The van der Waals surface area contributed by atoms with E-state index in [0.29, 0.717) is 6.54 Å². The van der Waals surface area contributed by atoms with E-state index in [9.17, 15) is 4.79 Å². The van der Waals surface area contributed by atoms with Crippen LogP contribution in [-0.4, -0.2) is 29.4 Å². The predicted octanol–water partition coefficient (Wildman–Crippen LogP) is 4.84. The number of methoxy groups -OCH3 is 1. The number of aromatic amines is 1. The van der Waals surface area contributed by atoms with E-state index in [4.69, 9.17) is 4.74 Å². The van der Waals surface area contributed by atoms with Gasteiger partial charge in [0.15, 0.2) is 0 Å². The molecule has 1 aromatic heterocycles. The van der Waals surface area contributed by atoms with Crippen LogP contribution in [0, 0.1) is 6.92 Å². The zero-order chi connectivity index (χ0) is 19.3. The van der Waals surface area contributed by atoms with E-state index in [-0.39, 0.29) is 5.91 Å². The molecule has 0 saturated carbocycles. The summed E-state index contributed by atoms with van der Waals surface area (Å²) in [6.45, 7) is 3.46. The van der Waals surface area contributed by atoms with Crippen molar-refractivity contribution in [3.8, 4) is 5.75 Å². The van der Waals surface area contributed by atoms with Crippen molar-refractivity contribution in [2.45, 2.75) is 19.9 Å². The van der Waals surface area contributed by atoms with Crippen molar-refractivity contribution in [2.24, 2.45) is 0 Å². The van der Waals surface area contributed by atoms with E-state index in [1.807, 2.05) is 41.3 Å². The number of ether oxygens (including phenoxy) is 1. The number of carbonyl (C=O) groups excluding carboxylic acids is 1. The number of nitrogens with one attached hydrogen (secondary N) is 1. The Balaban J connectivity index is 1.55. The molecule has 2 heterocycles. The number of carbonyl (C=O) groups is 1. The fourth-order valence-electron chi connectivity index (χ4n) is 4.31. The van der Waals surface area contributed by atoms with Crippen LogP contribution >= 0.6 is 0 Å². The summed E-state index contributed by atoms with van der Waals surface area (Å²) in [5.41, 5.74) is 5.62. The van der Waals surface area contributed by atoms with E-state index >= 15 is 0 Å². The van der Waals surface area contributed by atoms with Crippen LogP contribution in [0.15, 0.2) is 54.6 Å². The lowest BCUT2D eigenvalue weighted by Crippen LogP contribution is -2.35. The van der Waals surface area contributed by atoms with Gasteiger partial charge < -0.3 is 14.6 Å². The monoisotopic (exact) mass is 370 g/mol. The van der Waals surface area contributed by atoms with Crippen LogP contribution in [0.4, 0.5) is 0 Å². The third kappa shape index (κ3) is 2.56. The molecule has 0 spiro atoms. The molecule has 1 aliphatic rings. The maximum absolute atomic E-state index is 13.4. The molecule has 28 heavy (non-hydrogen) atoms. The Hall–Kier alpha value is -3.27. The molecule has 0 atom stereocenters. The second-order valence-electron chi connectivity index (χ2n) is 7.47. The number of aromatic nitrogens is 1. The third-order valence-electron chi connectivity index (χ3n) is 5.75. The number of hydrogen-bond acceptors (Lipinski definition) is 2. The Morgan fingerprint density at radius 2 is 1.86 bits per heavy atom. The first-order valence-electron chi connectivity index (χ1n) is 9.61. The van der Waals surface area contributed by atoms with Crippen molar-refractivity contribution in [1.29, 1.82) is 0 Å². The quantitative estimate of drug-likeness (QED) is 0.549. The van der Waals surface area contributed by atoms with E-state index in [1.54, 1.807) is 7.11 Å². The number of amides is 1. The van der Waals surface area contributed by atoms with Crippen LogP contribution in [0.3, 0.4) is 0 Å². The molecule has 4 nitrogen and oxygen atoms in total. The van der Waals surface area contributed by atoms with Crippen molar-refractivity contribution in [3.63, 3.8) is 0 Å². The summed E-state index contributed by atoms with van der Waals surface area (Å²) >= 11 is 0. The van der Waals surface area contributed by atoms with Crippen molar-refractivity contribution < 1.29 is 9.53 Å². The van der Waals surface area contributed by atoms with Crippen molar-refractivity contribution in [2.75, 3.05) is 13.7 Å². The molecule has 0 fully saturated rings. The highest BCUT2D eigenvalue weighted by Crippen LogP contribution is 2.32. The van der Waals surface area contributed by atoms with Gasteiger partial charge in [-0.15, -0.1) is 0 Å². The average molecular weight is 370 g/mol. The molecule has 5 rings (SSSR count). The Kier molecular flexibility index (Phi) is 3.86. The standard InChI is InChI=1S/C24H22N2O2/c1-15-7-9-21-19(13-15)20-14-26(12-11-22(20)25-21)24(27)18-8-10-23(28-2)17-6-4-3-5-16(17)18/h3-10,13,25H,11-12,14H2,1-2H3. The molecule has 1 N–H and O–H groups in total. The lowest BCUT2D eigenvalue weighted by Gasteiger charge is -2.28. The zero-order valence-electron chi connectivity index (χ0n) is 16.1. The van der Waals surface area contributed by atoms with Gasteiger partial charge in [-0.1, -0.05) is 35.9 Å². The zero-order valence-corrected chi connectivity index (χ0v) is 16.1. The fourth-order valence-corrected chi connectivity index (χ4v) is 4.31. The summed E-state index contributed by atoms with van der Waals surface area (Å²) in [7, 11) is 1.66. The fraction of sp³-hybridized carbons (Fsp3) is 0.208. The minimum absolute atomic E-state index is 0.0755. The van der Waals surface area contributed by atoms with E-state index in [1.165, 1.54) is 22.2 Å². The number of rotatable bonds is 2. The molecular weight excluding hydrogens is 348 g/mol. The normalized spacial score (nSPS) is 13.7. The van der Waals surface area contributed by atoms with E-state index in [2.05, 4.69) is 30.1 Å². The maximum atomic E-state index is 13.4. The summed E-state index contributed by atoms with van der Waals surface area (Å²) < 4.78 is 5.47. The first-order valence-corrected chi connectivity index (χ1v) is 9.61. The van der Waals surface area contributed by atoms with Crippen molar-refractivity contribution >= 4 is 27.6 Å². The number of H-pyrrole nitrogens is 1. The van der Waals surface area contributed by atoms with Gasteiger partial charge in [0.05, 0.1) is 7.11 Å². The van der Waals surface area contributed by atoms with Crippen LogP contribution in [0.1, 0.15) is 27.2 Å². The average Bonchev–Trinajstić information content (AvgIpc) is 3.09. The molecule has 1 amide bonds. The summed E-state index contributed by atoms with van der Waals surface area (Å²) in [6, 6.07) is 18.2. The molecule has 0 unspecified atom stereocenters. The van der Waals surface area contributed by atoms with Gasteiger partial charge in [-0.2, -0.15) is 0 Å². The number of aryl methyl sites for hydroxylation is 1. The Morgan fingerprint density at radius 1 is 1.04 bits per heavy atom. The van der Waals surface area contributed by atoms with E-state index < -0.39 is 0 Å². The molecule has 1 aliphatic heterocycles. The predicted molar refractivity (Wildman–Crippen MR) is 112 cm³/mol. The maximum Gasteiger partial charge on any atom is 0.254 e. The topological polar surface area (TPSA) is 45.3 Å². The minimum Gasteiger partial charge on any atom is -0.496 e. The highest BCUT2D eigenvalue weighted by Gasteiger charge is 2.26. The third-order valence-corrected chi connectivity index (χ3v) is 5.75. The molecule has 0 aliphatic carbocycles. The number of hydrogen-bond donors (Lipinski definition) is 1. The summed E-state index contributed by atoms with van der Waals surface area (Å²) in [4.78, 5) is 18.9. The summed E-state index contributed by atoms with van der Waals surface area (Å²) in [6.07, 6.45) is 0.850. The second-order valence-corrected chi connectivity index (χ2v) is 7.47. The highest BCUT2D eigenvalue weighted by atomic mass is 16.5. The van der Waals surface area contributed by atoms with Crippen LogP contribution in [0.2, 0.25) is 0 Å². The largest absolute Gasteiger partial charge is 0.496 e. The van der Waals surface area contributed by atoms with Gasteiger partial charge in [0.2, 0.25) is 0 Å². The van der Waals surface area contributed by atoms with Gasteiger partial charge in [-0.05, 0) is 36.6 Å². The highest BCUT2D eigenvalue weighted by molar-refractivity contribution is 6.08. The Morgan fingerprint density at radius 3 is 2.68 bits per heavy atom. The van der Waals surface area contributed by atoms with Gasteiger partial charge in [0.1, 0.15) is 5.75 Å². The first kappa shape index (κ1) is 16.9. The number of fused-ring (bicyclic) bond motifs is 4. The van der Waals surface area contributed by atoms with Gasteiger partial charge in [0, 0.05) is 52.6 Å². The number of benzene rings is 3. The number of nitrogens with zero attached hydrogens (tertiary/aromatic N) is 1. The molecular formula is C24H22N2O2. The molecule has 3 aromatic carbocycles. The molecule has 0 bridgehead atoms. The molecule has 4 heteroatoms. The van der Waals surface area contributed by atoms with Gasteiger partial charge in [0.25, 0.3) is 5.91 Å².